The largest absolute Gasteiger partial charge is 0.381 e. The predicted molar refractivity (Wildman–Crippen MR) is 88.7 cm³/mol. The second kappa shape index (κ2) is 7.06. The average molecular weight is 283 g/mol. The van der Waals surface area contributed by atoms with E-state index in [1.54, 1.807) is 0 Å². The Hall–Kier alpha value is -1.38. The standard InChI is InChI=1S/C19H25NO/c1-20-19(13-15-8-10-21-11-9-15)14-16-6-7-17-4-2-3-5-18(17)12-16/h2-7,12,15,19-20H,8-11,13-14H2,1H3. The van der Waals surface area contributed by atoms with Crippen LogP contribution in [0, 0.1) is 5.92 Å². The molecule has 2 heteroatoms. The van der Waals surface area contributed by atoms with Gasteiger partial charge in [-0.15, -0.1) is 0 Å². The van der Waals surface area contributed by atoms with Crippen molar-refractivity contribution < 1.29 is 4.74 Å². The summed E-state index contributed by atoms with van der Waals surface area (Å²) in [5.74, 6) is 0.816. The van der Waals surface area contributed by atoms with E-state index in [2.05, 4.69) is 54.8 Å². The zero-order chi connectivity index (χ0) is 14.5. The first-order valence-corrected chi connectivity index (χ1v) is 8.08. The van der Waals surface area contributed by atoms with Crippen LogP contribution in [-0.4, -0.2) is 26.3 Å². The number of likely N-dealkylation sites (N-methyl/N-ethyl adjacent to an activating group) is 1. The van der Waals surface area contributed by atoms with Crippen molar-refractivity contribution in [3.8, 4) is 0 Å². The Morgan fingerprint density at radius 2 is 1.86 bits per heavy atom. The normalized spacial score (nSPS) is 18.0. The summed E-state index contributed by atoms with van der Waals surface area (Å²) >= 11 is 0. The third kappa shape index (κ3) is 3.84. The number of rotatable bonds is 5. The summed E-state index contributed by atoms with van der Waals surface area (Å²) in [5.41, 5.74) is 1.43. The summed E-state index contributed by atoms with van der Waals surface area (Å²) in [5, 5.41) is 6.17. The van der Waals surface area contributed by atoms with Gasteiger partial charge >= 0.3 is 0 Å². The van der Waals surface area contributed by atoms with Gasteiger partial charge in [0, 0.05) is 19.3 Å². The summed E-state index contributed by atoms with van der Waals surface area (Å²) in [6.45, 7) is 1.88. The van der Waals surface area contributed by atoms with E-state index in [0.29, 0.717) is 6.04 Å². The number of benzene rings is 2. The smallest absolute Gasteiger partial charge is 0.0468 e. The van der Waals surface area contributed by atoms with Crippen molar-refractivity contribution in [3.63, 3.8) is 0 Å². The van der Waals surface area contributed by atoms with Crippen molar-refractivity contribution in [2.24, 2.45) is 5.92 Å². The van der Waals surface area contributed by atoms with Crippen LogP contribution >= 0.6 is 0 Å². The maximum Gasteiger partial charge on any atom is 0.0468 e. The van der Waals surface area contributed by atoms with Crippen molar-refractivity contribution in [3.05, 3.63) is 48.0 Å². The van der Waals surface area contributed by atoms with Crippen molar-refractivity contribution in [2.45, 2.75) is 31.7 Å². The van der Waals surface area contributed by atoms with Crippen LogP contribution in [0.15, 0.2) is 42.5 Å². The Kier molecular flexibility index (Phi) is 4.89. The van der Waals surface area contributed by atoms with Gasteiger partial charge < -0.3 is 10.1 Å². The monoisotopic (exact) mass is 283 g/mol. The second-order valence-corrected chi connectivity index (χ2v) is 6.16. The maximum atomic E-state index is 5.46. The molecule has 1 fully saturated rings. The lowest BCUT2D eigenvalue weighted by Crippen LogP contribution is -2.31. The van der Waals surface area contributed by atoms with Gasteiger partial charge in [0.1, 0.15) is 0 Å². The Labute approximate surface area is 127 Å². The first kappa shape index (κ1) is 14.6. The molecule has 1 aliphatic rings. The fourth-order valence-electron chi connectivity index (χ4n) is 3.34. The van der Waals surface area contributed by atoms with Gasteiger partial charge in [0.2, 0.25) is 0 Å². The van der Waals surface area contributed by atoms with Gasteiger partial charge in [-0.1, -0.05) is 42.5 Å². The molecular formula is C19H25NO. The molecule has 2 aromatic rings. The van der Waals surface area contributed by atoms with Gasteiger partial charge in [-0.3, -0.25) is 0 Å². The van der Waals surface area contributed by atoms with Gasteiger partial charge in [0.05, 0.1) is 0 Å². The predicted octanol–water partition coefficient (Wildman–Crippen LogP) is 3.79. The number of hydrogen-bond donors (Lipinski definition) is 1. The molecule has 1 N–H and O–H groups in total. The molecule has 0 saturated carbocycles. The fourth-order valence-corrected chi connectivity index (χ4v) is 3.34. The molecule has 1 saturated heterocycles. The maximum absolute atomic E-state index is 5.46. The van der Waals surface area contributed by atoms with Crippen molar-refractivity contribution in [2.75, 3.05) is 20.3 Å². The van der Waals surface area contributed by atoms with Crippen LogP contribution in [0.1, 0.15) is 24.8 Å². The lowest BCUT2D eigenvalue weighted by Gasteiger charge is -2.26. The van der Waals surface area contributed by atoms with Crippen LogP contribution in [0.3, 0.4) is 0 Å². The molecule has 1 heterocycles. The molecular weight excluding hydrogens is 258 g/mol. The molecule has 0 aromatic heterocycles. The van der Waals surface area contributed by atoms with E-state index in [1.165, 1.54) is 35.6 Å². The Bertz CT molecular complexity index is 575. The van der Waals surface area contributed by atoms with E-state index in [0.717, 1.165) is 25.6 Å². The summed E-state index contributed by atoms with van der Waals surface area (Å²) in [6.07, 6.45) is 4.80. The van der Waals surface area contributed by atoms with Gasteiger partial charge in [0.25, 0.3) is 0 Å². The van der Waals surface area contributed by atoms with E-state index in [9.17, 15) is 0 Å². The molecule has 1 aliphatic heterocycles. The average Bonchev–Trinajstić information content (AvgIpc) is 2.55. The summed E-state index contributed by atoms with van der Waals surface area (Å²) < 4.78 is 5.46. The zero-order valence-corrected chi connectivity index (χ0v) is 12.8. The van der Waals surface area contributed by atoms with Gasteiger partial charge in [-0.05, 0) is 55.0 Å². The first-order chi connectivity index (χ1) is 10.3. The molecule has 112 valence electrons. The van der Waals surface area contributed by atoms with Crippen LogP contribution in [0.4, 0.5) is 0 Å². The number of hydrogen-bond acceptors (Lipinski definition) is 2. The first-order valence-electron chi connectivity index (χ1n) is 8.08. The van der Waals surface area contributed by atoms with Crippen LogP contribution in [-0.2, 0) is 11.2 Å². The minimum Gasteiger partial charge on any atom is -0.381 e. The molecule has 21 heavy (non-hydrogen) atoms. The number of ether oxygens (including phenoxy) is 1. The van der Waals surface area contributed by atoms with Gasteiger partial charge in [0.15, 0.2) is 0 Å². The van der Waals surface area contributed by atoms with E-state index in [4.69, 9.17) is 4.74 Å². The molecule has 0 bridgehead atoms. The minimum atomic E-state index is 0.564. The van der Waals surface area contributed by atoms with E-state index in [1.807, 2.05) is 0 Å². The SMILES string of the molecule is CNC(Cc1ccc2ccccc2c1)CC1CCOCC1. The minimum absolute atomic E-state index is 0.564. The van der Waals surface area contributed by atoms with Gasteiger partial charge in [-0.2, -0.15) is 0 Å². The number of fused-ring (bicyclic) bond motifs is 1. The van der Waals surface area contributed by atoms with E-state index < -0.39 is 0 Å². The highest BCUT2D eigenvalue weighted by atomic mass is 16.5. The van der Waals surface area contributed by atoms with Crippen molar-refractivity contribution >= 4 is 10.8 Å². The fraction of sp³-hybridized carbons (Fsp3) is 0.474. The zero-order valence-electron chi connectivity index (χ0n) is 12.8. The van der Waals surface area contributed by atoms with Crippen LogP contribution in [0.25, 0.3) is 10.8 Å². The molecule has 2 nitrogen and oxygen atoms in total. The summed E-state index contributed by atoms with van der Waals surface area (Å²) in [7, 11) is 2.09. The van der Waals surface area contributed by atoms with Crippen molar-refractivity contribution in [1.82, 2.24) is 5.32 Å². The lowest BCUT2D eigenvalue weighted by atomic mass is 9.89. The van der Waals surface area contributed by atoms with Crippen LogP contribution in [0.5, 0.6) is 0 Å². The molecule has 2 aromatic carbocycles. The molecule has 0 amide bonds. The third-order valence-electron chi connectivity index (χ3n) is 4.66. The van der Waals surface area contributed by atoms with Crippen molar-refractivity contribution in [1.29, 1.82) is 0 Å². The molecule has 1 atom stereocenters. The third-order valence-corrected chi connectivity index (χ3v) is 4.66. The molecule has 0 radical (unpaired) electrons. The Balaban J connectivity index is 1.66. The molecule has 0 spiro atoms. The molecule has 0 aliphatic carbocycles. The second-order valence-electron chi connectivity index (χ2n) is 6.16. The highest BCUT2D eigenvalue weighted by molar-refractivity contribution is 5.82. The Morgan fingerprint density at radius 3 is 2.62 bits per heavy atom. The Morgan fingerprint density at radius 1 is 1.10 bits per heavy atom. The highest BCUT2D eigenvalue weighted by Crippen LogP contribution is 2.23. The van der Waals surface area contributed by atoms with Crippen LogP contribution in [0.2, 0.25) is 0 Å². The molecule has 3 rings (SSSR count). The van der Waals surface area contributed by atoms with E-state index >= 15 is 0 Å². The summed E-state index contributed by atoms with van der Waals surface area (Å²) in [4.78, 5) is 0. The summed E-state index contributed by atoms with van der Waals surface area (Å²) in [6, 6.07) is 16.0. The molecule has 1 unspecified atom stereocenters. The van der Waals surface area contributed by atoms with Crippen LogP contribution < -0.4 is 5.32 Å². The topological polar surface area (TPSA) is 21.3 Å². The quantitative estimate of drug-likeness (QED) is 0.901. The van der Waals surface area contributed by atoms with Gasteiger partial charge in [-0.25, -0.2) is 0 Å². The van der Waals surface area contributed by atoms with E-state index in [-0.39, 0.29) is 0 Å². The lowest BCUT2D eigenvalue weighted by molar-refractivity contribution is 0.0608. The number of nitrogens with one attached hydrogen (secondary N) is 1. The highest BCUT2D eigenvalue weighted by Gasteiger charge is 2.18.